The zero-order valence-corrected chi connectivity index (χ0v) is 37.6. The largest absolute Gasteiger partial charge is 0.497 e. The van der Waals surface area contributed by atoms with Gasteiger partial charge in [-0.25, -0.2) is 9.78 Å². The minimum atomic E-state index is -0.462. The Kier molecular flexibility index (Phi) is 17.8. The molecule has 4 aromatic carbocycles. The van der Waals surface area contributed by atoms with Gasteiger partial charge in [0.15, 0.2) is 0 Å². The number of urea groups is 1. The van der Waals surface area contributed by atoms with E-state index in [2.05, 4.69) is 52.8 Å². The van der Waals surface area contributed by atoms with Crippen molar-refractivity contribution in [3.05, 3.63) is 107 Å². The van der Waals surface area contributed by atoms with Crippen LogP contribution in [-0.4, -0.2) is 114 Å². The molecular formula is C48H60N6O9. The lowest BCUT2D eigenvalue weighted by Gasteiger charge is -2.24. The number of amides is 3. The van der Waals surface area contributed by atoms with Gasteiger partial charge in [-0.15, -0.1) is 0 Å². The third-order valence-corrected chi connectivity index (χ3v) is 9.84. The molecule has 0 aliphatic carbocycles. The van der Waals surface area contributed by atoms with Crippen LogP contribution in [0.3, 0.4) is 0 Å². The van der Waals surface area contributed by atoms with E-state index in [1.807, 2.05) is 55.4 Å². The fraction of sp³-hybridized carbons (Fsp3) is 0.396. The van der Waals surface area contributed by atoms with Gasteiger partial charge in [0.05, 0.1) is 65.2 Å². The Morgan fingerprint density at radius 1 is 0.778 bits per heavy atom. The number of rotatable bonds is 23. The summed E-state index contributed by atoms with van der Waals surface area (Å²) >= 11 is 0. The number of anilines is 2. The highest BCUT2D eigenvalue weighted by Gasteiger charge is 2.22. The number of Topliss-reactive ketones (excluding diaryl/α,β-unsaturated/α-hetero) is 1. The van der Waals surface area contributed by atoms with Gasteiger partial charge in [-0.3, -0.25) is 9.59 Å². The molecule has 3 N–H and O–H groups in total. The lowest BCUT2D eigenvalue weighted by molar-refractivity contribution is -0.119. The van der Waals surface area contributed by atoms with Crippen LogP contribution in [0.4, 0.5) is 16.2 Å². The van der Waals surface area contributed by atoms with Crippen molar-refractivity contribution in [3.8, 4) is 23.1 Å². The zero-order chi connectivity index (χ0) is 45.4. The van der Waals surface area contributed by atoms with Crippen molar-refractivity contribution in [2.45, 2.75) is 45.4 Å². The van der Waals surface area contributed by atoms with Crippen LogP contribution in [0.15, 0.2) is 79.0 Å². The van der Waals surface area contributed by atoms with E-state index in [-0.39, 0.29) is 17.1 Å². The molecule has 0 atom stereocenters. The van der Waals surface area contributed by atoms with Gasteiger partial charge in [0.25, 0.3) is 5.91 Å². The molecule has 336 valence electrons. The topological polar surface area (TPSA) is 172 Å². The molecule has 0 aliphatic rings. The molecular weight excluding hydrogens is 805 g/mol. The molecule has 0 aliphatic heterocycles. The Morgan fingerprint density at radius 2 is 1.51 bits per heavy atom. The standard InChI is InChI=1S/C48H60N6O9/c1-48(2,3)35-28-33(13-14-36(55)31-54(4)5)45(60-8)41(30-35)52-47(57)51-40-15-16-42(39-12-10-9-11-38(39)40)63-44-17-18-49-43(53-44)27-32-25-34(29-37(26-32)59-7)46(56)50-19-20-61-23-24-62-22-21-58-6/h9-12,15-18,25-26,28-30H,13-14,19-24,27,31H2,1-8H3,(H,50,56)(H2,51,52,57). The molecule has 0 saturated heterocycles. The monoisotopic (exact) mass is 864 g/mol. The number of nitrogens with zero attached hydrogens (tertiary/aromatic N) is 3. The second-order valence-corrected chi connectivity index (χ2v) is 16.1. The summed E-state index contributed by atoms with van der Waals surface area (Å²) in [6.07, 6.45) is 2.74. The van der Waals surface area contributed by atoms with Crippen LogP contribution in [0.2, 0.25) is 0 Å². The number of hydrogen-bond donors (Lipinski definition) is 3. The van der Waals surface area contributed by atoms with Crippen molar-refractivity contribution in [1.82, 2.24) is 20.2 Å². The van der Waals surface area contributed by atoms with Gasteiger partial charge < -0.3 is 49.3 Å². The van der Waals surface area contributed by atoms with Gasteiger partial charge in [0, 0.05) is 55.1 Å². The van der Waals surface area contributed by atoms with Crippen LogP contribution in [-0.2, 0) is 37.3 Å². The summed E-state index contributed by atoms with van der Waals surface area (Å²) in [6, 6.07) is 21.6. The van der Waals surface area contributed by atoms with Crippen molar-refractivity contribution in [3.63, 3.8) is 0 Å². The third kappa shape index (κ3) is 14.5. The minimum Gasteiger partial charge on any atom is -0.497 e. The first-order valence-electron chi connectivity index (χ1n) is 20.9. The molecule has 63 heavy (non-hydrogen) atoms. The number of ether oxygens (including phenoxy) is 6. The highest BCUT2D eigenvalue weighted by molar-refractivity contribution is 6.08. The lowest BCUT2D eigenvalue weighted by atomic mass is 9.85. The number of aryl methyl sites for hydroxylation is 1. The van der Waals surface area contributed by atoms with Gasteiger partial charge >= 0.3 is 6.03 Å². The van der Waals surface area contributed by atoms with Gasteiger partial charge in [-0.2, -0.15) is 4.98 Å². The van der Waals surface area contributed by atoms with E-state index in [4.69, 9.17) is 28.4 Å². The van der Waals surface area contributed by atoms with Gasteiger partial charge in [0.2, 0.25) is 5.88 Å². The summed E-state index contributed by atoms with van der Waals surface area (Å²) in [5, 5.41) is 10.4. The van der Waals surface area contributed by atoms with E-state index in [0.717, 1.165) is 27.5 Å². The molecule has 0 unspecified atom stereocenters. The predicted molar refractivity (Wildman–Crippen MR) is 244 cm³/mol. The van der Waals surface area contributed by atoms with Crippen molar-refractivity contribution < 1.29 is 42.8 Å². The number of hydrogen-bond acceptors (Lipinski definition) is 12. The molecule has 3 amide bonds. The summed E-state index contributed by atoms with van der Waals surface area (Å²) < 4.78 is 33.6. The van der Waals surface area contributed by atoms with E-state index in [1.165, 1.54) is 0 Å². The number of ketones is 1. The Balaban J connectivity index is 1.27. The van der Waals surface area contributed by atoms with Gasteiger partial charge in [0.1, 0.15) is 28.9 Å². The summed E-state index contributed by atoms with van der Waals surface area (Å²) in [6.45, 7) is 9.21. The van der Waals surface area contributed by atoms with E-state index < -0.39 is 6.03 Å². The van der Waals surface area contributed by atoms with Crippen molar-refractivity contribution in [2.75, 3.05) is 92.2 Å². The predicted octanol–water partition coefficient (Wildman–Crippen LogP) is 7.44. The van der Waals surface area contributed by atoms with E-state index in [0.29, 0.717) is 111 Å². The number of methoxy groups -OCH3 is 3. The molecule has 0 bridgehead atoms. The van der Waals surface area contributed by atoms with Crippen molar-refractivity contribution in [2.24, 2.45) is 0 Å². The average Bonchev–Trinajstić information content (AvgIpc) is 3.25. The van der Waals surface area contributed by atoms with Crippen LogP contribution in [0, 0.1) is 0 Å². The molecule has 0 fully saturated rings. The second kappa shape index (κ2) is 23.4. The lowest BCUT2D eigenvalue weighted by Crippen LogP contribution is -2.27. The number of carbonyl (C=O) groups excluding carboxylic acids is 3. The Labute approximate surface area is 369 Å². The molecule has 0 saturated carbocycles. The van der Waals surface area contributed by atoms with Gasteiger partial charge in [-0.05, 0) is 79.0 Å². The quantitative estimate of drug-likeness (QED) is 0.0555. The molecule has 15 heteroatoms. The number of nitrogens with one attached hydrogen (secondary N) is 3. The van der Waals surface area contributed by atoms with E-state index in [1.54, 1.807) is 57.9 Å². The Bertz CT molecular complexity index is 2330. The minimum absolute atomic E-state index is 0.121. The molecule has 0 spiro atoms. The van der Waals surface area contributed by atoms with Crippen LogP contribution in [0.1, 0.15) is 60.1 Å². The Hall–Kier alpha value is -6.13. The highest BCUT2D eigenvalue weighted by Crippen LogP contribution is 2.37. The first kappa shape index (κ1) is 47.9. The molecule has 1 aromatic heterocycles. The number of aromatic nitrogens is 2. The normalized spacial score (nSPS) is 11.4. The second-order valence-electron chi connectivity index (χ2n) is 16.1. The first-order chi connectivity index (χ1) is 30.3. The van der Waals surface area contributed by atoms with Crippen molar-refractivity contribution in [1.29, 1.82) is 0 Å². The fourth-order valence-corrected chi connectivity index (χ4v) is 6.73. The van der Waals surface area contributed by atoms with E-state index in [9.17, 15) is 14.4 Å². The molecule has 0 radical (unpaired) electrons. The summed E-state index contributed by atoms with van der Waals surface area (Å²) in [4.78, 5) is 50.4. The van der Waals surface area contributed by atoms with Crippen LogP contribution < -0.4 is 30.2 Å². The molecule has 5 aromatic rings. The number of carbonyl (C=O) groups is 3. The zero-order valence-electron chi connectivity index (χ0n) is 37.6. The van der Waals surface area contributed by atoms with Crippen LogP contribution in [0.5, 0.6) is 23.1 Å². The molecule has 5 rings (SSSR count). The van der Waals surface area contributed by atoms with Crippen LogP contribution >= 0.6 is 0 Å². The maximum absolute atomic E-state index is 13.7. The number of likely N-dealkylation sites (N-methyl/N-ethyl adjacent to an activating group) is 1. The Morgan fingerprint density at radius 3 is 2.22 bits per heavy atom. The summed E-state index contributed by atoms with van der Waals surface area (Å²) in [5.74, 6) is 2.21. The third-order valence-electron chi connectivity index (χ3n) is 9.84. The average molecular weight is 865 g/mol. The van der Waals surface area contributed by atoms with Gasteiger partial charge in [-0.1, -0.05) is 51.1 Å². The van der Waals surface area contributed by atoms with E-state index >= 15 is 0 Å². The number of benzene rings is 4. The van der Waals surface area contributed by atoms with Crippen molar-refractivity contribution >= 4 is 39.9 Å². The molecule has 1 heterocycles. The fourth-order valence-electron chi connectivity index (χ4n) is 6.73. The maximum atomic E-state index is 13.7. The first-order valence-corrected chi connectivity index (χ1v) is 20.9. The molecule has 15 nitrogen and oxygen atoms in total. The SMILES string of the molecule is COCCOCCOCCNC(=O)c1cc(Cc2nccc(Oc3ccc(NC(=O)Nc4cc(C(C)(C)C)cc(CCC(=O)CN(C)C)c4OC)c4ccccc34)n2)cc(OC)c1. The summed E-state index contributed by atoms with van der Waals surface area (Å²) in [5.41, 5.74) is 3.89. The smallest absolute Gasteiger partial charge is 0.323 e. The maximum Gasteiger partial charge on any atom is 0.323 e. The highest BCUT2D eigenvalue weighted by atomic mass is 16.5. The van der Waals surface area contributed by atoms with Crippen LogP contribution in [0.25, 0.3) is 10.8 Å². The number of fused-ring (bicyclic) bond motifs is 1. The summed E-state index contributed by atoms with van der Waals surface area (Å²) in [7, 11) is 8.47.